The summed E-state index contributed by atoms with van der Waals surface area (Å²) in [7, 11) is 0. The summed E-state index contributed by atoms with van der Waals surface area (Å²) >= 11 is 3.14. The van der Waals surface area contributed by atoms with Gasteiger partial charge in [0.15, 0.2) is 0 Å². The monoisotopic (exact) mass is 311 g/mol. The van der Waals surface area contributed by atoms with Crippen LogP contribution in [0.15, 0.2) is 42.5 Å². The maximum atomic E-state index is 11.4. The number of halogens is 1. The van der Waals surface area contributed by atoms with Crippen molar-refractivity contribution in [2.75, 3.05) is 5.33 Å². The van der Waals surface area contributed by atoms with Crippen molar-refractivity contribution < 1.29 is 14.7 Å². The van der Waals surface area contributed by atoms with Gasteiger partial charge in [0.2, 0.25) is 5.91 Å². The van der Waals surface area contributed by atoms with E-state index in [-0.39, 0.29) is 6.42 Å². The van der Waals surface area contributed by atoms with E-state index < -0.39 is 17.9 Å². The second kappa shape index (κ2) is 7.66. The lowest BCUT2D eigenvalue weighted by Gasteiger charge is -2.13. The van der Waals surface area contributed by atoms with E-state index >= 15 is 0 Å². The third-order valence-corrected chi connectivity index (χ3v) is 2.63. The molecule has 0 bridgehead atoms. The second-order valence-electron chi connectivity index (χ2n) is 3.65. The zero-order valence-corrected chi connectivity index (χ0v) is 11.3. The molecule has 0 unspecified atom stereocenters. The van der Waals surface area contributed by atoms with Crippen LogP contribution in [0.2, 0.25) is 0 Å². The van der Waals surface area contributed by atoms with Crippen LogP contribution in [-0.4, -0.2) is 28.4 Å². The SMILES string of the molecule is O=C(/C=C\CBr)N[C@@H](Cc1ccccc1)C(=O)O. The zero-order chi connectivity index (χ0) is 13.4. The van der Waals surface area contributed by atoms with Crippen LogP contribution >= 0.6 is 15.9 Å². The molecule has 0 spiro atoms. The largest absolute Gasteiger partial charge is 0.480 e. The predicted molar refractivity (Wildman–Crippen MR) is 72.6 cm³/mol. The zero-order valence-electron chi connectivity index (χ0n) is 9.67. The van der Waals surface area contributed by atoms with Crippen LogP contribution in [-0.2, 0) is 16.0 Å². The minimum Gasteiger partial charge on any atom is -0.480 e. The van der Waals surface area contributed by atoms with Crippen LogP contribution in [0.4, 0.5) is 0 Å². The number of rotatable bonds is 6. The first-order valence-electron chi connectivity index (χ1n) is 5.43. The Morgan fingerprint density at radius 3 is 2.56 bits per heavy atom. The van der Waals surface area contributed by atoms with E-state index in [1.165, 1.54) is 6.08 Å². The molecule has 0 fully saturated rings. The van der Waals surface area contributed by atoms with E-state index in [1.54, 1.807) is 6.08 Å². The molecule has 0 saturated heterocycles. The molecule has 96 valence electrons. The number of nitrogens with one attached hydrogen (secondary N) is 1. The Labute approximate surface area is 114 Å². The van der Waals surface area contributed by atoms with E-state index in [0.29, 0.717) is 5.33 Å². The average Bonchev–Trinajstić information content (AvgIpc) is 2.36. The first kappa shape index (κ1) is 14.4. The minimum absolute atomic E-state index is 0.268. The molecular weight excluding hydrogens is 298 g/mol. The van der Waals surface area contributed by atoms with Gasteiger partial charge in [-0.25, -0.2) is 4.79 Å². The Kier molecular flexibility index (Phi) is 6.14. The fourth-order valence-corrected chi connectivity index (χ4v) is 1.61. The molecule has 4 nitrogen and oxygen atoms in total. The van der Waals surface area contributed by atoms with Gasteiger partial charge in [-0.3, -0.25) is 4.79 Å². The number of carbonyl (C=O) groups excluding carboxylic acids is 1. The standard InChI is InChI=1S/C13H14BrNO3/c14-8-4-7-12(16)15-11(13(17)18)9-10-5-2-1-3-6-10/h1-7,11H,8-9H2,(H,15,16)(H,17,18)/b7-4-/t11-/m0/s1. The number of aliphatic carboxylic acids is 1. The number of hydrogen-bond acceptors (Lipinski definition) is 2. The summed E-state index contributed by atoms with van der Waals surface area (Å²) in [5.41, 5.74) is 0.870. The molecule has 0 aliphatic carbocycles. The van der Waals surface area contributed by atoms with E-state index in [4.69, 9.17) is 5.11 Å². The fourth-order valence-electron chi connectivity index (χ4n) is 1.42. The number of carbonyl (C=O) groups is 2. The van der Waals surface area contributed by atoms with Crippen molar-refractivity contribution in [3.05, 3.63) is 48.0 Å². The number of hydrogen-bond donors (Lipinski definition) is 2. The normalized spacial score (nSPS) is 12.3. The Morgan fingerprint density at radius 2 is 2.00 bits per heavy atom. The molecule has 1 aromatic carbocycles. The first-order chi connectivity index (χ1) is 8.63. The molecule has 2 N–H and O–H groups in total. The van der Waals surface area contributed by atoms with Crippen molar-refractivity contribution in [1.82, 2.24) is 5.32 Å². The highest BCUT2D eigenvalue weighted by molar-refractivity contribution is 9.09. The van der Waals surface area contributed by atoms with Crippen LogP contribution < -0.4 is 5.32 Å². The highest BCUT2D eigenvalue weighted by Crippen LogP contribution is 2.03. The van der Waals surface area contributed by atoms with Crippen LogP contribution in [0.5, 0.6) is 0 Å². The van der Waals surface area contributed by atoms with E-state index in [2.05, 4.69) is 21.2 Å². The molecule has 5 heteroatoms. The summed E-state index contributed by atoms with van der Waals surface area (Å²) in [5.74, 6) is -1.45. The number of carboxylic acids is 1. The number of allylic oxidation sites excluding steroid dienone is 1. The molecular formula is C13H14BrNO3. The lowest BCUT2D eigenvalue weighted by atomic mass is 10.1. The van der Waals surface area contributed by atoms with Gasteiger partial charge in [0.05, 0.1) is 0 Å². The highest BCUT2D eigenvalue weighted by Gasteiger charge is 2.19. The molecule has 1 aromatic rings. The Morgan fingerprint density at radius 1 is 1.33 bits per heavy atom. The molecule has 18 heavy (non-hydrogen) atoms. The van der Waals surface area contributed by atoms with Crippen molar-refractivity contribution in [3.8, 4) is 0 Å². The van der Waals surface area contributed by atoms with Crippen LogP contribution in [0.1, 0.15) is 5.56 Å². The maximum absolute atomic E-state index is 11.4. The van der Waals surface area contributed by atoms with Crippen molar-refractivity contribution >= 4 is 27.8 Å². The van der Waals surface area contributed by atoms with E-state index in [1.807, 2.05) is 30.3 Å². The quantitative estimate of drug-likeness (QED) is 0.621. The molecule has 0 aromatic heterocycles. The maximum Gasteiger partial charge on any atom is 0.326 e. The lowest BCUT2D eigenvalue weighted by molar-refractivity contribution is -0.141. The summed E-state index contributed by atoms with van der Waals surface area (Å²) in [5, 5.41) is 12.1. The van der Waals surface area contributed by atoms with Gasteiger partial charge in [-0.15, -0.1) is 0 Å². The summed E-state index contributed by atoms with van der Waals surface area (Å²) < 4.78 is 0. The van der Waals surface area contributed by atoms with Gasteiger partial charge < -0.3 is 10.4 Å². The van der Waals surface area contributed by atoms with Crippen LogP contribution in [0.3, 0.4) is 0 Å². The van der Waals surface area contributed by atoms with Crippen molar-refractivity contribution in [1.29, 1.82) is 0 Å². The van der Waals surface area contributed by atoms with Gasteiger partial charge in [-0.1, -0.05) is 52.3 Å². The van der Waals surface area contributed by atoms with E-state index in [9.17, 15) is 9.59 Å². The number of amides is 1. The molecule has 0 heterocycles. The van der Waals surface area contributed by atoms with Gasteiger partial charge >= 0.3 is 5.97 Å². The Hall–Kier alpha value is -1.62. The average molecular weight is 312 g/mol. The number of benzene rings is 1. The molecule has 1 atom stereocenters. The van der Waals surface area contributed by atoms with Gasteiger partial charge in [-0.05, 0) is 11.6 Å². The molecule has 0 aliphatic rings. The van der Waals surface area contributed by atoms with Crippen molar-refractivity contribution in [2.24, 2.45) is 0 Å². The molecule has 1 rings (SSSR count). The smallest absolute Gasteiger partial charge is 0.326 e. The second-order valence-corrected chi connectivity index (χ2v) is 4.29. The van der Waals surface area contributed by atoms with Crippen LogP contribution in [0.25, 0.3) is 0 Å². The summed E-state index contributed by atoms with van der Waals surface area (Å²) in [6.07, 6.45) is 3.19. The van der Waals surface area contributed by atoms with Crippen molar-refractivity contribution in [3.63, 3.8) is 0 Å². The number of alkyl halides is 1. The van der Waals surface area contributed by atoms with Gasteiger partial charge in [-0.2, -0.15) is 0 Å². The predicted octanol–water partition coefficient (Wildman–Crippen LogP) is 1.75. The molecule has 0 radical (unpaired) electrons. The minimum atomic E-state index is -1.04. The topological polar surface area (TPSA) is 66.4 Å². The Bertz CT molecular complexity index is 431. The van der Waals surface area contributed by atoms with E-state index in [0.717, 1.165) is 5.56 Å². The van der Waals surface area contributed by atoms with Crippen LogP contribution in [0, 0.1) is 0 Å². The Balaban J connectivity index is 2.64. The molecule has 0 aliphatic heterocycles. The highest BCUT2D eigenvalue weighted by atomic mass is 79.9. The number of carboxylic acid groups (broad SMARTS) is 1. The lowest BCUT2D eigenvalue weighted by Crippen LogP contribution is -2.41. The third kappa shape index (κ3) is 5.14. The van der Waals surface area contributed by atoms with Crippen molar-refractivity contribution in [2.45, 2.75) is 12.5 Å². The van der Waals surface area contributed by atoms with Gasteiger partial charge in [0.1, 0.15) is 6.04 Å². The van der Waals surface area contributed by atoms with Gasteiger partial charge in [0.25, 0.3) is 0 Å². The molecule has 1 amide bonds. The summed E-state index contributed by atoms with van der Waals surface area (Å²) in [6, 6.07) is 8.27. The molecule has 0 saturated carbocycles. The summed E-state index contributed by atoms with van der Waals surface area (Å²) in [6.45, 7) is 0. The van der Waals surface area contributed by atoms with Gasteiger partial charge in [0, 0.05) is 11.8 Å². The third-order valence-electron chi connectivity index (χ3n) is 2.26. The fraction of sp³-hybridized carbons (Fsp3) is 0.231. The first-order valence-corrected chi connectivity index (χ1v) is 6.55. The summed E-state index contributed by atoms with van der Waals surface area (Å²) in [4.78, 5) is 22.5.